The highest BCUT2D eigenvalue weighted by Gasteiger charge is 2.46. The number of aliphatic hydroxyl groups excluding tert-OH is 1. The van der Waals surface area contributed by atoms with Crippen LogP contribution in [0, 0.1) is 10.1 Å². The fraction of sp³-hybridized carbons (Fsp3) is 0.160. The molecule has 1 saturated heterocycles. The number of aromatic nitrogens is 1. The highest BCUT2D eigenvalue weighted by Crippen LogP contribution is 2.41. The molecule has 1 aromatic heterocycles. The van der Waals surface area contributed by atoms with Gasteiger partial charge in [0.1, 0.15) is 11.5 Å². The van der Waals surface area contributed by atoms with Crippen molar-refractivity contribution in [1.29, 1.82) is 0 Å². The molecule has 0 radical (unpaired) electrons. The largest absolute Gasteiger partial charge is 0.507 e. The van der Waals surface area contributed by atoms with Crippen LogP contribution in [0.1, 0.15) is 29.7 Å². The lowest BCUT2D eigenvalue weighted by Gasteiger charge is -2.25. The maximum Gasteiger partial charge on any atom is 0.295 e. The third kappa shape index (κ3) is 4.71. The molecule has 1 aliphatic rings. The fourth-order valence-corrected chi connectivity index (χ4v) is 4.20. The Labute approximate surface area is 205 Å². The first-order valence-electron chi connectivity index (χ1n) is 10.7. The minimum Gasteiger partial charge on any atom is -0.507 e. The summed E-state index contributed by atoms with van der Waals surface area (Å²) in [5, 5.41) is 22.8. The molecule has 9 nitrogen and oxygen atoms in total. The van der Waals surface area contributed by atoms with Crippen LogP contribution in [0.4, 0.5) is 5.69 Å². The number of nitro benzene ring substituents is 1. The van der Waals surface area contributed by atoms with Crippen LogP contribution in [-0.2, 0) is 16.1 Å². The molecule has 178 valence electrons. The van der Waals surface area contributed by atoms with E-state index in [0.717, 1.165) is 0 Å². The van der Waals surface area contributed by atoms with Gasteiger partial charge < -0.3 is 14.7 Å². The van der Waals surface area contributed by atoms with Crippen LogP contribution in [0.3, 0.4) is 0 Å². The predicted molar refractivity (Wildman–Crippen MR) is 128 cm³/mol. The van der Waals surface area contributed by atoms with Crippen molar-refractivity contribution in [1.82, 2.24) is 9.88 Å². The van der Waals surface area contributed by atoms with Crippen LogP contribution < -0.4 is 4.74 Å². The third-order valence-corrected chi connectivity index (χ3v) is 5.81. The summed E-state index contributed by atoms with van der Waals surface area (Å²) in [5.74, 6) is -1.80. The topological polar surface area (TPSA) is 123 Å². The molecule has 1 amide bonds. The lowest BCUT2D eigenvalue weighted by atomic mass is 9.95. The number of nitro groups is 1. The first kappa shape index (κ1) is 23.9. The average Bonchev–Trinajstić information content (AvgIpc) is 3.10. The number of hydrogen-bond acceptors (Lipinski definition) is 7. The number of non-ortho nitro benzene ring substituents is 1. The molecule has 35 heavy (non-hydrogen) atoms. The zero-order valence-corrected chi connectivity index (χ0v) is 19.3. The van der Waals surface area contributed by atoms with Gasteiger partial charge in [-0.3, -0.25) is 24.7 Å². The molecular weight excluding hydrogens is 474 g/mol. The van der Waals surface area contributed by atoms with E-state index in [-0.39, 0.29) is 28.4 Å². The third-order valence-electron chi connectivity index (χ3n) is 5.52. The van der Waals surface area contributed by atoms with E-state index in [2.05, 4.69) is 4.98 Å². The van der Waals surface area contributed by atoms with Gasteiger partial charge in [0.05, 0.1) is 28.2 Å². The molecule has 0 saturated carbocycles. The maximum atomic E-state index is 13.2. The number of Topliss-reactive ketones (excluding diaryl/α,β-unsaturated/α-hetero) is 1. The molecule has 1 atom stereocenters. The number of amides is 1. The lowest BCUT2D eigenvalue weighted by Crippen LogP contribution is -2.29. The van der Waals surface area contributed by atoms with Gasteiger partial charge in [-0.1, -0.05) is 29.8 Å². The molecule has 2 heterocycles. The van der Waals surface area contributed by atoms with E-state index in [1.54, 1.807) is 43.6 Å². The second kappa shape index (κ2) is 9.94. The highest BCUT2D eigenvalue weighted by atomic mass is 35.5. The first-order chi connectivity index (χ1) is 16.8. The standard InChI is InChI=1S/C25H20ClN3O6/c1-2-35-20-9-8-17(12-19(20)26)23(30)21-22(16-6-3-7-18(11-16)29(33)34)28(25(32)24(21)31)14-15-5-4-10-27-13-15/h3-13,22,30H,2,14H2,1H3/b23-21+/t22-/m0/s1. The van der Waals surface area contributed by atoms with Crippen LogP contribution in [-0.4, -0.2) is 38.2 Å². The summed E-state index contributed by atoms with van der Waals surface area (Å²) in [6.45, 7) is 2.19. The first-order valence-corrected chi connectivity index (χ1v) is 11.0. The number of hydrogen-bond donors (Lipinski definition) is 1. The van der Waals surface area contributed by atoms with Gasteiger partial charge in [0, 0.05) is 36.6 Å². The predicted octanol–water partition coefficient (Wildman–Crippen LogP) is 4.66. The number of aliphatic hydroxyl groups is 1. The number of likely N-dealkylation sites (tertiary alicyclic amines) is 1. The number of halogens is 1. The van der Waals surface area contributed by atoms with E-state index in [1.807, 2.05) is 0 Å². The fourth-order valence-electron chi connectivity index (χ4n) is 3.96. The van der Waals surface area contributed by atoms with Crippen molar-refractivity contribution in [2.24, 2.45) is 0 Å². The second-order valence-corrected chi connectivity index (χ2v) is 8.13. The summed E-state index contributed by atoms with van der Waals surface area (Å²) < 4.78 is 5.42. The molecule has 0 bridgehead atoms. The number of carbonyl (C=O) groups is 2. The summed E-state index contributed by atoms with van der Waals surface area (Å²) in [6.07, 6.45) is 3.13. The quantitative estimate of drug-likeness (QED) is 0.167. The molecule has 0 unspecified atom stereocenters. The van der Waals surface area contributed by atoms with Crippen molar-refractivity contribution in [3.63, 3.8) is 0 Å². The van der Waals surface area contributed by atoms with Crippen LogP contribution >= 0.6 is 11.6 Å². The molecule has 0 aliphatic carbocycles. The Balaban J connectivity index is 1.87. The summed E-state index contributed by atoms with van der Waals surface area (Å²) >= 11 is 6.27. The number of rotatable bonds is 7. The number of ketones is 1. The van der Waals surface area contributed by atoms with Crippen molar-refractivity contribution >= 4 is 34.7 Å². The van der Waals surface area contributed by atoms with E-state index in [4.69, 9.17) is 16.3 Å². The SMILES string of the molecule is CCOc1ccc(/C(O)=C2\C(=O)C(=O)N(Cc3cccnc3)[C@H]2c2cccc([N+](=O)[O-])c2)cc1Cl. The van der Waals surface area contributed by atoms with Gasteiger partial charge in [0.15, 0.2) is 0 Å². The van der Waals surface area contributed by atoms with E-state index < -0.39 is 28.4 Å². The zero-order valence-electron chi connectivity index (χ0n) is 18.6. The zero-order chi connectivity index (χ0) is 25.1. The lowest BCUT2D eigenvalue weighted by molar-refractivity contribution is -0.384. The van der Waals surface area contributed by atoms with Gasteiger partial charge in [-0.05, 0) is 42.3 Å². The molecule has 0 spiro atoms. The smallest absolute Gasteiger partial charge is 0.295 e. The van der Waals surface area contributed by atoms with Crippen molar-refractivity contribution in [3.05, 3.63) is 104 Å². The van der Waals surface area contributed by atoms with Crippen LogP contribution in [0.25, 0.3) is 5.76 Å². The Morgan fingerprint density at radius 2 is 2.00 bits per heavy atom. The van der Waals surface area contributed by atoms with E-state index >= 15 is 0 Å². The molecule has 1 aliphatic heterocycles. The highest BCUT2D eigenvalue weighted by molar-refractivity contribution is 6.46. The monoisotopic (exact) mass is 493 g/mol. The van der Waals surface area contributed by atoms with E-state index in [1.165, 1.54) is 35.2 Å². The second-order valence-electron chi connectivity index (χ2n) is 7.72. The Bertz CT molecular complexity index is 1340. The minimum atomic E-state index is -1.07. The summed E-state index contributed by atoms with van der Waals surface area (Å²) in [4.78, 5) is 42.4. The Kier molecular flexibility index (Phi) is 6.79. The summed E-state index contributed by atoms with van der Waals surface area (Å²) in [6, 6.07) is 12.5. The van der Waals surface area contributed by atoms with E-state index in [9.17, 15) is 24.8 Å². The molecule has 3 aromatic rings. The van der Waals surface area contributed by atoms with Gasteiger partial charge in [-0.25, -0.2) is 0 Å². The van der Waals surface area contributed by atoms with Gasteiger partial charge in [0.2, 0.25) is 0 Å². The van der Waals surface area contributed by atoms with Gasteiger partial charge in [-0.15, -0.1) is 0 Å². The van der Waals surface area contributed by atoms with Crippen LogP contribution in [0.5, 0.6) is 5.75 Å². The Hall–Kier alpha value is -4.24. The normalized spacial score (nSPS) is 17.0. The van der Waals surface area contributed by atoms with E-state index in [0.29, 0.717) is 23.5 Å². The summed E-state index contributed by atoms with van der Waals surface area (Å²) in [5.41, 5.74) is 0.751. The Morgan fingerprint density at radius 3 is 2.66 bits per heavy atom. The van der Waals surface area contributed by atoms with Crippen LogP contribution in [0.15, 0.2) is 72.6 Å². The number of ether oxygens (including phenoxy) is 1. The van der Waals surface area contributed by atoms with Crippen molar-refractivity contribution in [2.75, 3.05) is 6.61 Å². The summed E-state index contributed by atoms with van der Waals surface area (Å²) in [7, 11) is 0. The number of carbonyl (C=O) groups excluding carboxylic acids is 2. The average molecular weight is 494 g/mol. The molecule has 4 rings (SSSR count). The number of benzene rings is 2. The molecule has 1 N–H and O–H groups in total. The Morgan fingerprint density at radius 1 is 1.20 bits per heavy atom. The van der Waals surface area contributed by atoms with Gasteiger partial charge in [0.25, 0.3) is 17.4 Å². The minimum absolute atomic E-state index is 0.00653. The van der Waals surface area contributed by atoms with Gasteiger partial charge in [-0.2, -0.15) is 0 Å². The molecule has 2 aromatic carbocycles. The van der Waals surface area contributed by atoms with Crippen LogP contribution in [0.2, 0.25) is 5.02 Å². The van der Waals surface area contributed by atoms with Gasteiger partial charge >= 0.3 is 0 Å². The molecule has 10 heteroatoms. The van der Waals surface area contributed by atoms with Crippen molar-refractivity contribution in [3.8, 4) is 5.75 Å². The number of nitrogens with zero attached hydrogens (tertiary/aromatic N) is 3. The molecule has 1 fully saturated rings. The van der Waals surface area contributed by atoms with Crippen molar-refractivity contribution < 1.29 is 24.4 Å². The maximum absolute atomic E-state index is 13.2. The van der Waals surface area contributed by atoms with Crippen molar-refractivity contribution in [2.45, 2.75) is 19.5 Å². The molecular formula is C25H20ClN3O6. The number of pyridine rings is 1.